The molecule has 2 N–H and O–H groups in total. The largest absolute Gasteiger partial charge is 0.493 e. The molecular weight excluding hydrogens is 278 g/mol. The van der Waals surface area contributed by atoms with Crippen LogP contribution in [0.25, 0.3) is 0 Å². The van der Waals surface area contributed by atoms with Gasteiger partial charge in [-0.25, -0.2) is 0 Å². The first-order chi connectivity index (χ1) is 10.8. The number of hydrogen-bond acceptors (Lipinski definition) is 5. The molecule has 5 heteroatoms. The third kappa shape index (κ3) is 4.12. The van der Waals surface area contributed by atoms with E-state index in [0.717, 1.165) is 63.7 Å². The predicted molar refractivity (Wildman–Crippen MR) is 87.7 cm³/mol. The van der Waals surface area contributed by atoms with Gasteiger partial charge in [-0.15, -0.1) is 0 Å². The van der Waals surface area contributed by atoms with Gasteiger partial charge in [-0.2, -0.15) is 0 Å². The van der Waals surface area contributed by atoms with Crippen molar-refractivity contribution in [1.82, 2.24) is 15.5 Å². The quantitative estimate of drug-likeness (QED) is 0.857. The van der Waals surface area contributed by atoms with Crippen molar-refractivity contribution in [3.8, 4) is 11.5 Å². The first-order valence-corrected chi connectivity index (χ1v) is 8.32. The van der Waals surface area contributed by atoms with Crippen molar-refractivity contribution in [3.05, 3.63) is 23.8 Å². The van der Waals surface area contributed by atoms with E-state index in [1.165, 1.54) is 12.0 Å². The Bertz CT molecular complexity index is 469. The van der Waals surface area contributed by atoms with Crippen molar-refractivity contribution in [2.75, 3.05) is 46.4 Å². The molecule has 0 bridgehead atoms. The monoisotopic (exact) mass is 305 g/mol. The Morgan fingerprint density at radius 2 is 2.00 bits per heavy atom. The fourth-order valence-electron chi connectivity index (χ4n) is 3.14. The molecule has 2 aliphatic heterocycles. The van der Waals surface area contributed by atoms with Gasteiger partial charge in [0.15, 0.2) is 11.5 Å². The Hall–Kier alpha value is -1.30. The van der Waals surface area contributed by atoms with Gasteiger partial charge in [-0.3, -0.25) is 4.90 Å². The van der Waals surface area contributed by atoms with Crippen LogP contribution in [-0.4, -0.2) is 57.4 Å². The third-order valence-electron chi connectivity index (χ3n) is 4.39. The molecule has 2 heterocycles. The Morgan fingerprint density at radius 3 is 2.73 bits per heavy atom. The second-order valence-corrected chi connectivity index (χ2v) is 6.10. The summed E-state index contributed by atoms with van der Waals surface area (Å²) in [5.41, 5.74) is 1.29. The lowest BCUT2D eigenvalue weighted by atomic mass is 10.1. The van der Waals surface area contributed by atoms with Crippen molar-refractivity contribution >= 4 is 0 Å². The number of piperazine rings is 1. The minimum atomic E-state index is 0.247. The normalized spacial score (nSPS) is 23.2. The van der Waals surface area contributed by atoms with E-state index in [1.807, 2.05) is 6.07 Å². The number of benzene rings is 1. The van der Waals surface area contributed by atoms with Gasteiger partial charge in [0.25, 0.3) is 0 Å². The van der Waals surface area contributed by atoms with E-state index in [0.29, 0.717) is 0 Å². The van der Waals surface area contributed by atoms with Crippen molar-refractivity contribution in [1.29, 1.82) is 0 Å². The summed E-state index contributed by atoms with van der Waals surface area (Å²) in [4.78, 5) is 2.48. The van der Waals surface area contributed by atoms with Crippen LogP contribution in [0, 0.1) is 0 Å². The number of hydrogen-bond donors (Lipinski definition) is 2. The zero-order valence-electron chi connectivity index (χ0n) is 13.4. The van der Waals surface area contributed by atoms with E-state index in [-0.39, 0.29) is 6.10 Å². The standard InChI is InChI=1S/C17H27N3O2/c1-21-16-5-4-14(13-20-9-7-18-8-10-20)11-17(16)22-15-3-2-6-19-12-15/h4-5,11,15,18-19H,2-3,6-10,12-13H2,1H3. The molecule has 122 valence electrons. The summed E-state index contributed by atoms with van der Waals surface area (Å²) in [6, 6.07) is 6.32. The van der Waals surface area contributed by atoms with Gasteiger partial charge < -0.3 is 20.1 Å². The molecule has 0 amide bonds. The summed E-state index contributed by atoms with van der Waals surface area (Å²) in [7, 11) is 1.71. The highest BCUT2D eigenvalue weighted by Crippen LogP contribution is 2.30. The molecule has 0 aromatic heterocycles. The fraction of sp³-hybridized carbons (Fsp3) is 0.647. The zero-order valence-corrected chi connectivity index (χ0v) is 13.4. The molecule has 1 atom stereocenters. The zero-order chi connectivity index (χ0) is 15.2. The lowest BCUT2D eigenvalue weighted by Gasteiger charge is -2.28. The van der Waals surface area contributed by atoms with Crippen LogP contribution in [0.4, 0.5) is 0 Å². The number of rotatable bonds is 5. The van der Waals surface area contributed by atoms with Gasteiger partial charge in [-0.05, 0) is 37.1 Å². The highest BCUT2D eigenvalue weighted by atomic mass is 16.5. The van der Waals surface area contributed by atoms with Crippen molar-refractivity contribution in [2.45, 2.75) is 25.5 Å². The van der Waals surface area contributed by atoms with Crippen LogP contribution >= 0.6 is 0 Å². The van der Waals surface area contributed by atoms with Gasteiger partial charge in [0.05, 0.1) is 7.11 Å². The fourth-order valence-corrected chi connectivity index (χ4v) is 3.14. The first-order valence-electron chi connectivity index (χ1n) is 8.32. The minimum Gasteiger partial charge on any atom is -0.493 e. The van der Waals surface area contributed by atoms with E-state index in [2.05, 4.69) is 27.7 Å². The van der Waals surface area contributed by atoms with Crippen LogP contribution in [-0.2, 0) is 6.54 Å². The summed E-state index contributed by atoms with van der Waals surface area (Å²) in [5.74, 6) is 1.71. The Morgan fingerprint density at radius 1 is 1.14 bits per heavy atom. The Labute approximate surface area is 133 Å². The molecule has 2 saturated heterocycles. The maximum absolute atomic E-state index is 6.19. The van der Waals surface area contributed by atoms with Crippen LogP contribution in [0.5, 0.6) is 11.5 Å². The van der Waals surface area contributed by atoms with E-state index in [1.54, 1.807) is 7.11 Å². The van der Waals surface area contributed by atoms with Gasteiger partial charge in [0.1, 0.15) is 6.10 Å². The van der Waals surface area contributed by atoms with Crippen molar-refractivity contribution in [2.24, 2.45) is 0 Å². The average molecular weight is 305 g/mol. The minimum absolute atomic E-state index is 0.247. The van der Waals surface area contributed by atoms with Gasteiger partial charge >= 0.3 is 0 Å². The number of methoxy groups -OCH3 is 1. The maximum Gasteiger partial charge on any atom is 0.161 e. The second kappa shape index (κ2) is 7.81. The second-order valence-electron chi connectivity index (χ2n) is 6.10. The first kappa shape index (κ1) is 15.6. The topological polar surface area (TPSA) is 45.8 Å². The third-order valence-corrected chi connectivity index (χ3v) is 4.39. The molecule has 0 spiro atoms. The summed E-state index contributed by atoms with van der Waals surface area (Å²) < 4.78 is 11.7. The van der Waals surface area contributed by atoms with Crippen molar-refractivity contribution in [3.63, 3.8) is 0 Å². The number of nitrogens with one attached hydrogen (secondary N) is 2. The van der Waals surface area contributed by atoms with E-state index in [4.69, 9.17) is 9.47 Å². The van der Waals surface area contributed by atoms with E-state index in [9.17, 15) is 0 Å². The SMILES string of the molecule is COc1ccc(CN2CCNCC2)cc1OC1CCCNC1. The van der Waals surface area contributed by atoms with E-state index < -0.39 is 0 Å². The number of piperidine rings is 1. The lowest BCUT2D eigenvalue weighted by Crippen LogP contribution is -2.42. The van der Waals surface area contributed by atoms with Crippen LogP contribution in [0.2, 0.25) is 0 Å². The molecular formula is C17H27N3O2. The maximum atomic E-state index is 6.19. The molecule has 1 aromatic carbocycles. The molecule has 2 aliphatic rings. The highest BCUT2D eigenvalue weighted by molar-refractivity contribution is 5.43. The van der Waals surface area contributed by atoms with Crippen LogP contribution in [0.3, 0.4) is 0 Å². The summed E-state index contributed by atoms with van der Waals surface area (Å²) >= 11 is 0. The number of ether oxygens (including phenoxy) is 2. The van der Waals surface area contributed by atoms with E-state index >= 15 is 0 Å². The Kier molecular flexibility index (Phi) is 5.53. The van der Waals surface area contributed by atoms with Gasteiger partial charge in [0.2, 0.25) is 0 Å². The molecule has 3 rings (SSSR count). The highest BCUT2D eigenvalue weighted by Gasteiger charge is 2.17. The molecule has 0 radical (unpaired) electrons. The smallest absolute Gasteiger partial charge is 0.161 e. The molecule has 1 aromatic rings. The van der Waals surface area contributed by atoms with Crippen molar-refractivity contribution < 1.29 is 9.47 Å². The van der Waals surface area contributed by atoms with Crippen LogP contribution < -0.4 is 20.1 Å². The molecule has 0 aliphatic carbocycles. The lowest BCUT2D eigenvalue weighted by molar-refractivity contribution is 0.160. The summed E-state index contributed by atoms with van der Waals surface area (Å²) in [6.07, 6.45) is 2.53. The molecule has 0 saturated carbocycles. The van der Waals surface area contributed by atoms with Crippen LogP contribution in [0.1, 0.15) is 18.4 Å². The summed E-state index contributed by atoms with van der Waals surface area (Å²) in [6.45, 7) is 7.36. The number of nitrogens with zero attached hydrogens (tertiary/aromatic N) is 1. The van der Waals surface area contributed by atoms with Gasteiger partial charge in [-0.1, -0.05) is 6.07 Å². The molecule has 2 fully saturated rings. The van der Waals surface area contributed by atoms with Crippen LogP contribution in [0.15, 0.2) is 18.2 Å². The Balaban J connectivity index is 1.67. The molecule has 1 unspecified atom stereocenters. The molecule has 5 nitrogen and oxygen atoms in total. The predicted octanol–water partition coefficient (Wildman–Crippen LogP) is 1.23. The molecule has 22 heavy (non-hydrogen) atoms. The van der Waals surface area contributed by atoms with Gasteiger partial charge in [0, 0.05) is 39.3 Å². The average Bonchev–Trinajstić information content (AvgIpc) is 2.57. The summed E-state index contributed by atoms with van der Waals surface area (Å²) in [5, 5.41) is 6.78.